The third-order valence-electron chi connectivity index (χ3n) is 4.97. The van der Waals surface area contributed by atoms with Crippen molar-refractivity contribution in [1.29, 1.82) is 0 Å². The summed E-state index contributed by atoms with van der Waals surface area (Å²) in [5, 5.41) is 2.48. The van der Waals surface area contributed by atoms with Crippen LogP contribution in [0.15, 0.2) is 42.5 Å². The van der Waals surface area contributed by atoms with Crippen LogP contribution in [0.5, 0.6) is 0 Å². The molecule has 1 aliphatic heterocycles. The molecule has 0 saturated carbocycles. The van der Waals surface area contributed by atoms with Gasteiger partial charge in [0, 0.05) is 29.8 Å². The van der Waals surface area contributed by atoms with E-state index in [1.54, 1.807) is 35.2 Å². The maximum absolute atomic E-state index is 12.3. The molecule has 30 heavy (non-hydrogen) atoms. The van der Waals surface area contributed by atoms with Crippen LogP contribution in [0.1, 0.15) is 44.7 Å². The molecule has 1 aliphatic rings. The Morgan fingerprint density at radius 2 is 1.80 bits per heavy atom. The quantitative estimate of drug-likeness (QED) is 0.562. The summed E-state index contributed by atoms with van der Waals surface area (Å²) in [6.45, 7) is 3.66. The summed E-state index contributed by atoms with van der Waals surface area (Å²) in [5.41, 5.74) is 3.39. The van der Waals surface area contributed by atoms with Gasteiger partial charge in [-0.2, -0.15) is 0 Å². The smallest absolute Gasteiger partial charge is 0.325 e. The zero-order chi connectivity index (χ0) is 21.7. The van der Waals surface area contributed by atoms with E-state index in [1.807, 2.05) is 26.0 Å². The van der Waals surface area contributed by atoms with Crippen LogP contribution in [0.4, 0.5) is 5.69 Å². The number of Topliss-reactive ketones (excluding diaryl/α,β-unsaturated/α-hetero) is 1. The predicted octanol–water partition coefficient (Wildman–Crippen LogP) is 2.59. The van der Waals surface area contributed by atoms with Crippen LogP contribution < -0.4 is 10.2 Å². The Morgan fingerprint density at radius 3 is 2.47 bits per heavy atom. The molecular formula is C23H24N2O5. The molecule has 0 aliphatic carbocycles. The Balaban J connectivity index is 1.47. The average Bonchev–Trinajstić information content (AvgIpc) is 3.18. The standard InChI is InChI=1S/C23H24N2O5/c1-15-5-6-16(2)19(12-15)20(26)14-30-22(28)13-24-23(29)17-7-9-18(10-8-17)25-11-3-4-21(25)27/h5-10,12H,3-4,11,13-14H2,1-2H3,(H,24,29). The van der Waals surface area contributed by atoms with Gasteiger partial charge in [-0.25, -0.2) is 0 Å². The Kier molecular flexibility index (Phi) is 6.61. The number of amides is 2. The number of nitrogens with zero attached hydrogens (tertiary/aromatic N) is 1. The van der Waals surface area contributed by atoms with Crippen molar-refractivity contribution in [3.8, 4) is 0 Å². The molecule has 2 aromatic carbocycles. The Morgan fingerprint density at radius 1 is 1.07 bits per heavy atom. The van der Waals surface area contributed by atoms with Crippen LogP contribution in [0.3, 0.4) is 0 Å². The first kappa shape index (κ1) is 21.2. The minimum atomic E-state index is -0.693. The van der Waals surface area contributed by atoms with Crippen LogP contribution >= 0.6 is 0 Å². The fourth-order valence-electron chi connectivity index (χ4n) is 3.28. The van der Waals surface area contributed by atoms with Crippen molar-refractivity contribution in [3.63, 3.8) is 0 Å². The molecule has 0 unspecified atom stereocenters. The SMILES string of the molecule is Cc1ccc(C)c(C(=O)COC(=O)CNC(=O)c2ccc(N3CCCC3=O)cc2)c1. The highest BCUT2D eigenvalue weighted by atomic mass is 16.5. The zero-order valence-corrected chi connectivity index (χ0v) is 17.1. The number of aryl methyl sites for hydroxylation is 2. The lowest BCUT2D eigenvalue weighted by atomic mass is 10.0. The number of ketones is 1. The number of hydrogen-bond acceptors (Lipinski definition) is 5. The molecule has 1 fully saturated rings. The molecule has 7 nitrogen and oxygen atoms in total. The second-order valence-corrected chi connectivity index (χ2v) is 7.28. The lowest BCUT2D eigenvalue weighted by Crippen LogP contribution is -2.31. The second kappa shape index (κ2) is 9.35. The van der Waals surface area contributed by atoms with Crippen LogP contribution in [-0.2, 0) is 14.3 Å². The fraction of sp³-hybridized carbons (Fsp3) is 0.304. The van der Waals surface area contributed by atoms with Gasteiger partial charge >= 0.3 is 5.97 Å². The maximum Gasteiger partial charge on any atom is 0.325 e. The van der Waals surface area contributed by atoms with Crippen molar-refractivity contribution >= 4 is 29.3 Å². The van der Waals surface area contributed by atoms with E-state index in [0.717, 1.165) is 23.2 Å². The van der Waals surface area contributed by atoms with Crippen molar-refractivity contribution in [1.82, 2.24) is 5.32 Å². The summed E-state index contributed by atoms with van der Waals surface area (Å²) >= 11 is 0. The van der Waals surface area contributed by atoms with E-state index >= 15 is 0 Å². The van der Waals surface area contributed by atoms with Crippen molar-refractivity contribution in [2.24, 2.45) is 0 Å². The Hall–Kier alpha value is -3.48. The number of carbonyl (C=O) groups is 4. The summed E-state index contributed by atoms with van der Waals surface area (Å²) in [6, 6.07) is 12.1. The van der Waals surface area contributed by atoms with E-state index < -0.39 is 11.9 Å². The molecule has 1 heterocycles. The monoisotopic (exact) mass is 408 g/mol. The first-order chi connectivity index (χ1) is 14.3. The van der Waals surface area contributed by atoms with Gasteiger partial charge in [0.2, 0.25) is 11.7 Å². The number of rotatable bonds is 7. The van der Waals surface area contributed by atoms with Gasteiger partial charge in [0.05, 0.1) is 0 Å². The van der Waals surface area contributed by atoms with E-state index in [1.165, 1.54) is 0 Å². The normalized spacial score (nSPS) is 13.3. The van der Waals surface area contributed by atoms with E-state index in [4.69, 9.17) is 4.74 Å². The summed E-state index contributed by atoms with van der Waals surface area (Å²) in [7, 11) is 0. The molecule has 1 saturated heterocycles. The van der Waals surface area contributed by atoms with Crippen molar-refractivity contribution in [2.45, 2.75) is 26.7 Å². The lowest BCUT2D eigenvalue weighted by Gasteiger charge is -2.15. The molecule has 0 spiro atoms. The van der Waals surface area contributed by atoms with Gasteiger partial charge in [-0.1, -0.05) is 17.7 Å². The molecule has 2 aromatic rings. The Labute approximate surface area is 175 Å². The molecule has 156 valence electrons. The minimum absolute atomic E-state index is 0.0744. The van der Waals surface area contributed by atoms with Gasteiger partial charge in [0.1, 0.15) is 6.54 Å². The molecule has 3 rings (SSSR count). The first-order valence-corrected chi connectivity index (χ1v) is 9.80. The summed E-state index contributed by atoms with van der Waals surface area (Å²) < 4.78 is 4.99. The summed E-state index contributed by atoms with van der Waals surface area (Å²) in [5.74, 6) is -1.35. The van der Waals surface area contributed by atoms with Crippen molar-refractivity contribution < 1.29 is 23.9 Å². The van der Waals surface area contributed by atoms with E-state index in [0.29, 0.717) is 24.1 Å². The molecular weight excluding hydrogens is 384 g/mol. The predicted molar refractivity (Wildman–Crippen MR) is 112 cm³/mol. The molecule has 0 aromatic heterocycles. The first-order valence-electron chi connectivity index (χ1n) is 9.80. The second-order valence-electron chi connectivity index (χ2n) is 7.28. The number of ether oxygens (including phenoxy) is 1. The molecule has 0 atom stereocenters. The number of hydrogen-bond donors (Lipinski definition) is 1. The van der Waals surface area contributed by atoms with Gasteiger partial charge < -0.3 is 15.0 Å². The molecule has 1 N–H and O–H groups in total. The lowest BCUT2D eigenvalue weighted by molar-refractivity contribution is -0.141. The largest absolute Gasteiger partial charge is 0.456 e. The highest BCUT2D eigenvalue weighted by molar-refractivity contribution is 6.00. The van der Waals surface area contributed by atoms with E-state index in [-0.39, 0.29) is 24.8 Å². The number of carbonyl (C=O) groups excluding carboxylic acids is 4. The maximum atomic E-state index is 12.3. The summed E-state index contributed by atoms with van der Waals surface area (Å²) in [6.07, 6.45) is 1.37. The van der Waals surface area contributed by atoms with Crippen molar-refractivity contribution in [2.75, 3.05) is 24.6 Å². The van der Waals surface area contributed by atoms with Gasteiger partial charge in [0.15, 0.2) is 6.61 Å². The van der Waals surface area contributed by atoms with Crippen LogP contribution in [0.2, 0.25) is 0 Å². The van der Waals surface area contributed by atoms with Crippen molar-refractivity contribution in [3.05, 3.63) is 64.7 Å². The highest BCUT2D eigenvalue weighted by Gasteiger charge is 2.21. The molecule has 2 amide bonds. The number of esters is 1. The number of benzene rings is 2. The number of anilines is 1. The average molecular weight is 408 g/mol. The van der Waals surface area contributed by atoms with Crippen LogP contribution in [-0.4, -0.2) is 43.3 Å². The van der Waals surface area contributed by atoms with E-state index in [2.05, 4.69) is 5.32 Å². The molecule has 0 radical (unpaired) electrons. The van der Waals surface area contributed by atoms with Crippen LogP contribution in [0.25, 0.3) is 0 Å². The molecule has 7 heteroatoms. The summed E-state index contributed by atoms with van der Waals surface area (Å²) in [4.78, 5) is 49.8. The minimum Gasteiger partial charge on any atom is -0.456 e. The fourth-order valence-corrected chi connectivity index (χ4v) is 3.28. The number of nitrogens with one attached hydrogen (secondary N) is 1. The Bertz CT molecular complexity index is 982. The van der Waals surface area contributed by atoms with Gasteiger partial charge in [-0.15, -0.1) is 0 Å². The van der Waals surface area contributed by atoms with E-state index in [9.17, 15) is 19.2 Å². The third-order valence-corrected chi connectivity index (χ3v) is 4.97. The van der Waals surface area contributed by atoms with Gasteiger partial charge in [-0.05, 0) is 56.2 Å². The topological polar surface area (TPSA) is 92.8 Å². The van der Waals surface area contributed by atoms with Gasteiger partial charge in [-0.3, -0.25) is 19.2 Å². The third kappa shape index (κ3) is 5.11. The highest BCUT2D eigenvalue weighted by Crippen LogP contribution is 2.21. The van der Waals surface area contributed by atoms with Crippen LogP contribution in [0, 0.1) is 13.8 Å². The molecule has 0 bridgehead atoms. The van der Waals surface area contributed by atoms with Gasteiger partial charge in [0.25, 0.3) is 5.91 Å². The zero-order valence-electron chi connectivity index (χ0n) is 17.1.